The Morgan fingerprint density at radius 2 is 2.04 bits per heavy atom. The molecule has 10 heteroatoms. The van der Waals surface area contributed by atoms with Gasteiger partial charge in [-0.25, -0.2) is 4.79 Å². The van der Waals surface area contributed by atoms with Crippen LogP contribution < -0.4 is 0 Å². The molecule has 0 radical (unpaired) electrons. The number of carbonyl (C=O) groups is 1. The largest absolute Gasteiger partial charge is 0.490 e. The highest BCUT2D eigenvalue weighted by Gasteiger charge is 2.38. The second-order valence-electron chi connectivity index (χ2n) is 6.69. The zero-order chi connectivity index (χ0) is 20.9. The van der Waals surface area contributed by atoms with Crippen LogP contribution in [-0.4, -0.2) is 60.7 Å². The van der Waals surface area contributed by atoms with Gasteiger partial charge in [0.15, 0.2) is 0 Å². The molecule has 1 saturated heterocycles. The molecule has 7 nitrogen and oxygen atoms in total. The number of hydrogen-bond donors (Lipinski definition) is 2. The summed E-state index contributed by atoms with van der Waals surface area (Å²) in [7, 11) is 1.92. The monoisotopic (exact) mass is 400 g/mol. The van der Waals surface area contributed by atoms with E-state index < -0.39 is 12.1 Å². The molecule has 0 amide bonds. The van der Waals surface area contributed by atoms with Crippen LogP contribution in [0.1, 0.15) is 23.4 Å². The van der Waals surface area contributed by atoms with Gasteiger partial charge in [0, 0.05) is 38.1 Å². The van der Waals surface area contributed by atoms with E-state index in [9.17, 15) is 18.3 Å². The van der Waals surface area contributed by atoms with Gasteiger partial charge in [0.05, 0.1) is 18.0 Å². The Kier molecular flexibility index (Phi) is 7.14. The minimum atomic E-state index is -5.08. The quantitative estimate of drug-likeness (QED) is 0.815. The normalized spacial score (nSPS) is 19.9. The van der Waals surface area contributed by atoms with Crippen molar-refractivity contribution in [2.75, 3.05) is 6.54 Å². The van der Waals surface area contributed by atoms with Crippen LogP contribution in [0.4, 0.5) is 13.2 Å². The van der Waals surface area contributed by atoms with Crippen molar-refractivity contribution in [1.82, 2.24) is 19.7 Å². The van der Waals surface area contributed by atoms with Crippen LogP contribution in [0.3, 0.4) is 0 Å². The van der Waals surface area contributed by atoms with Gasteiger partial charge in [0.1, 0.15) is 0 Å². The van der Waals surface area contributed by atoms with Gasteiger partial charge in [0.2, 0.25) is 0 Å². The minimum Gasteiger partial charge on any atom is -0.475 e. The molecule has 0 spiro atoms. The number of hydrogen-bond acceptors (Lipinski definition) is 5. The first-order valence-corrected chi connectivity index (χ1v) is 8.68. The summed E-state index contributed by atoms with van der Waals surface area (Å²) >= 11 is 0. The van der Waals surface area contributed by atoms with Crippen molar-refractivity contribution in [3.8, 4) is 0 Å². The molecule has 154 valence electrons. The summed E-state index contributed by atoms with van der Waals surface area (Å²) in [6.45, 7) is 3.72. The van der Waals surface area contributed by atoms with Crippen LogP contribution in [0.15, 0.2) is 30.6 Å². The number of halogens is 3. The van der Waals surface area contributed by atoms with E-state index >= 15 is 0 Å². The number of carboxylic acid groups (broad SMARTS) is 1. The molecule has 28 heavy (non-hydrogen) atoms. The number of aromatic nitrogens is 3. The third-order valence-corrected chi connectivity index (χ3v) is 4.38. The number of aliphatic hydroxyl groups is 1. The van der Waals surface area contributed by atoms with Gasteiger partial charge in [-0.05, 0) is 37.5 Å². The first kappa shape index (κ1) is 21.8. The topological polar surface area (TPSA) is 91.5 Å². The van der Waals surface area contributed by atoms with Crippen LogP contribution in [0.2, 0.25) is 0 Å². The molecule has 1 aliphatic rings. The molecule has 0 unspecified atom stereocenters. The predicted molar refractivity (Wildman–Crippen MR) is 94.4 cm³/mol. The van der Waals surface area contributed by atoms with Gasteiger partial charge in [-0.2, -0.15) is 18.3 Å². The lowest BCUT2D eigenvalue weighted by Crippen LogP contribution is -2.36. The van der Waals surface area contributed by atoms with Crippen LogP contribution in [0.25, 0.3) is 0 Å². The molecule has 2 atom stereocenters. The van der Waals surface area contributed by atoms with Gasteiger partial charge in [-0.15, -0.1) is 0 Å². The molecule has 0 aromatic carbocycles. The fourth-order valence-corrected chi connectivity index (χ4v) is 3.08. The van der Waals surface area contributed by atoms with Crippen molar-refractivity contribution in [3.63, 3.8) is 0 Å². The molecule has 0 saturated carbocycles. The van der Waals surface area contributed by atoms with Crippen molar-refractivity contribution in [2.24, 2.45) is 7.05 Å². The Balaban J connectivity index is 0.000000345. The fraction of sp³-hybridized carbons (Fsp3) is 0.500. The van der Waals surface area contributed by atoms with Crippen molar-refractivity contribution in [1.29, 1.82) is 0 Å². The standard InChI is InChI=1S/C16H22N4O.C2HF3O2/c1-12-4-3-5-14(18-12)11-20-7-6-16(21)15(20)8-13-9-17-19(2)10-13;3-2(4,5)1(6)7/h3-5,9-10,15-16,21H,6-8,11H2,1-2H3;(H,6,7)/t15-,16-;/m0./s1. The van der Waals surface area contributed by atoms with Crippen LogP contribution in [-0.2, 0) is 24.8 Å². The first-order valence-electron chi connectivity index (χ1n) is 8.68. The third kappa shape index (κ3) is 6.31. The van der Waals surface area contributed by atoms with Gasteiger partial charge < -0.3 is 10.2 Å². The van der Waals surface area contributed by atoms with Crippen LogP contribution in [0, 0.1) is 6.92 Å². The first-order chi connectivity index (χ1) is 13.1. The highest BCUT2D eigenvalue weighted by molar-refractivity contribution is 5.73. The van der Waals surface area contributed by atoms with E-state index in [1.807, 2.05) is 43.2 Å². The number of carboxylic acids is 1. The molecule has 1 fully saturated rings. The van der Waals surface area contributed by atoms with Crippen molar-refractivity contribution < 1.29 is 28.2 Å². The highest BCUT2D eigenvalue weighted by atomic mass is 19.4. The van der Waals surface area contributed by atoms with E-state index in [-0.39, 0.29) is 12.1 Å². The van der Waals surface area contributed by atoms with E-state index in [0.717, 1.165) is 37.3 Å². The highest BCUT2D eigenvalue weighted by Crippen LogP contribution is 2.23. The number of aliphatic hydroxyl groups excluding tert-OH is 1. The van der Waals surface area contributed by atoms with Crippen LogP contribution in [0.5, 0.6) is 0 Å². The molecule has 2 N–H and O–H groups in total. The van der Waals surface area contributed by atoms with E-state index in [1.54, 1.807) is 0 Å². The lowest BCUT2D eigenvalue weighted by atomic mass is 10.0. The zero-order valence-corrected chi connectivity index (χ0v) is 15.6. The summed E-state index contributed by atoms with van der Waals surface area (Å²) in [6.07, 6.45) is 0.217. The molecular weight excluding hydrogens is 377 g/mol. The lowest BCUT2D eigenvalue weighted by molar-refractivity contribution is -0.192. The Morgan fingerprint density at radius 3 is 2.57 bits per heavy atom. The van der Waals surface area contributed by atoms with E-state index in [4.69, 9.17) is 9.90 Å². The van der Waals surface area contributed by atoms with Gasteiger partial charge >= 0.3 is 12.1 Å². The smallest absolute Gasteiger partial charge is 0.475 e. The predicted octanol–water partition coefficient (Wildman–Crippen LogP) is 1.93. The fourth-order valence-electron chi connectivity index (χ4n) is 3.08. The molecule has 2 aromatic rings. The number of alkyl halides is 3. The minimum absolute atomic E-state index is 0.150. The summed E-state index contributed by atoms with van der Waals surface area (Å²) in [5.41, 5.74) is 3.28. The number of aliphatic carboxylic acids is 1. The maximum Gasteiger partial charge on any atom is 0.490 e. The Labute approximate surface area is 160 Å². The van der Waals surface area contributed by atoms with Gasteiger partial charge in [-0.3, -0.25) is 14.6 Å². The van der Waals surface area contributed by atoms with E-state index in [2.05, 4.69) is 21.0 Å². The average molecular weight is 400 g/mol. The number of rotatable bonds is 4. The summed E-state index contributed by atoms with van der Waals surface area (Å²) < 4.78 is 33.5. The Hall–Kier alpha value is -2.46. The summed E-state index contributed by atoms with van der Waals surface area (Å²) in [5, 5.41) is 21.6. The second-order valence-corrected chi connectivity index (χ2v) is 6.69. The third-order valence-electron chi connectivity index (χ3n) is 4.38. The lowest BCUT2D eigenvalue weighted by Gasteiger charge is -2.25. The maximum atomic E-state index is 10.6. The summed E-state index contributed by atoms with van der Waals surface area (Å²) in [5.74, 6) is -2.76. The van der Waals surface area contributed by atoms with Crippen molar-refractivity contribution >= 4 is 5.97 Å². The second kappa shape index (κ2) is 9.16. The SMILES string of the molecule is Cc1cccc(CN2CC[C@H](O)[C@@H]2Cc2cnn(C)c2)n1.O=C(O)C(F)(F)F. The van der Waals surface area contributed by atoms with E-state index in [1.165, 1.54) is 5.56 Å². The Morgan fingerprint density at radius 1 is 1.36 bits per heavy atom. The average Bonchev–Trinajstić information content (AvgIpc) is 3.15. The van der Waals surface area contributed by atoms with Gasteiger partial charge in [-0.1, -0.05) is 6.07 Å². The molecule has 2 aromatic heterocycles. The summed E-state index contributed by atoms with van der Waals surface area (Å²) in [6, 6.07) is 6.26. The summed E-state index contributed by atoms with van der Waals surface area (Å²) in [4.78, 5) is 15.8. The molecule has 0 bridgehead atoms. The maximum absolute atomic E-state index is 10.6. The number of aryl methyl sites for hydroxylation is 2. The van der Waals surface area contributed by atoms with Crippen molar-refractivity contribution in [2.45, 2.75) is 44.6 Å². The Bertz CT molecular complexity index is 794. The van der Waals surface area contributed by atoms with Gasteiger partial charge in [0.25, 0.3) is 0 Å². The number of likely N-dealkylation sites (tertiary alicyclic amines) is 1. The molecular formula is C18H23F3N4O3. The molecule has 3 heterocycles. The number of pyridine rings is 1. The van der Waals surface area contributed by atoms with Crippen molar-refractivity contribution in [3.05, 3.63) is 47.5 Å². The molecule has 3 rings (SSSR count). The van der Waals surface area contributed by atoms with Crippen LogP contribution >= 0.6 is 0 Å². The zero-order valence-electron chi connectivity index (χ0n) is 15.6. The number of nitrogens with zero attached hydrogens (tertiary/aromatic N) is 4. The molecule has 0 aliphatic carbocycles. The molecule has 1 aliphatic heterocycles. The van der Waals surface area contributed by atoms with E-state index in [0.29, 0.717) is 0 Å².